The number of carbonyl (C=O) groups excluding carboxylic acids is 1. The molecule has 0 unspecified atom stereocenters. The molecule has 0 bridgehead atoms. The third-order valence-corrected chi connectivity index (χ3v) is 4.76. The fraction of sp³-hybridized carbons (Fsp3) is 0.273. The molecule has 1 atom stereocenters. The third-order valence-electron chi connectivity index (χ3n) is 4.36. The quantitative estimate of drug-likeness (QED) is 0.560. The molecule has 5 nitrogen and oxygen atoms in total. The van der Waals surface area contributed by atoms with Crippen LogP contribution in [0.25, 0.3) is 22.3 Å². The fourth-order valence-corrected chi connectivity index (χ4v) is 2.95. The van der Waals surface area contributed by atoms with Gasteiger partial charge < -0.3 is 13.9 Å². The monoisotopic (exact) mass is 400 g/mol. The lowest BCUT2D eigenvalue weighted by Gasteiger charge is -2.16. The van der Waals surface area contributed by atoms with Crippen molar-refractivity contribution in [3.8, 4) is 17.1 Å². The van der Waals surface area contributed by atoms with E-state index < -0.39 is 17.5 Å². The van der Waals surface area contributed by atoms with Crippen molar-refractivity contribution in [3.05, 3.63) is 62.8 Å². The highest BCUT2D eigenvalue weighted by molar-refractivity contribution is 6.32. The minimum Gasteiger partial charge on any atom is -0.471 e. The summed E-state index contributed by atoms with van der Waals surface area (Å²) < 4.78 is 16.8. The average Bonchev–Trinajstić information content (AvgIpc) is 2.66. The molecule has 0 spiro atoms. The Bertz CT molecular complexity index is 1080. The normalized spacial score (nSPS) is 12.0. The maximum Gasteiger partial charge on any atom is 0.347 e. The van der Waals surface area contributed by atoms with E-state index in [9.17, 15) is 9.59 Å². The zero-order chi connectivity index (χ0) is 20.4. The lowest BCUT2D eigenvalue weighted by Crippen LogP contribution is -2.28. The van der Waals surface area contributed by atoms with Crippen LogP contribution in [0, 0.1) is 13.8 Å². The van der Waals surface area contributed by atoms with E-state index in [2.05, 4.69) is 0 Å². The molecule has 28 heavy (non-hydrogen) atoms. The van der Waals surface area contributed by atoms with Gasteiger partial charge in [0.15, 0.2) is 11.9 Å². The molecule has 0 aliphatic heterocycles. The highest BCUT2D eigenvalue weighted by Gasteiger charge is 2.24. The topological polar surface area (TPSA) is 65.7 Å². The second-order valence-corrected chi connectivity index (χ2v) is 6.97. The average molecular weight is 401 g/mol. The Labute approximate surface area is 167 Å². The number of rotatable bonds is 5. The van der Waals surface area contributed by atoms with Crippen molar-refractivity contribution in [2.24, 2.45) is 0 Å². The van der Waals surface area contributed by atoms with Gasteiger partial charge >= 0.3 is 5.97 Å². The van der Waals surface area contributed by atoms with Gasteiger partial charge in [0.25, 0.3) is 0 Å². The zero-order valence-corrected chi connectivity index (χ0v) is 16.9. The number of carbonyl (C=O) groups is 1. The van der Waals surface area contributed by atoms with Crippen LogP contribution in [0.4, 0.5) is 0 Å². The highest BCUT2D eigenvalue weighted by atomic mass is 35.5. The molecule has 0 saturated heterocycles. The van der Waals surface area contributed by atoms with Gasteiger partial charge in [0.1, 0.15) is 5.58 Å². The van der Waals surface area contributed by atoms with Gasteiger partial charge in [0, 0.05) is 10.6 Å². The summed E-state index contributed by atoms with van der Waals surface area (Å²) in [7, 11) is 0. The lowest BCUT2D eigenvalue weighted by atomic mass is 10.1. The van der Waals surface area contributed by atoms with Gasteiger partial charge in [0.2, 0.25) is 11.2 Å². The van der Waals surface area contributed by atoms with Gasteiger partial charge in [-0.2, -0.15) is 0 Å². The first-order chi connectivity index (χ1) is 13.3. The van der Waals surface area contributed by atoms with Crippen LogP contribution in [0.2, 0.25) is 5.02 Å². The molecule has 0 aliphatic rings. The van der Waals surface area contributed by atoms with Crippen LogP contribution >= 0.6 is 11.6 Å². The van der Waals surface area contributed by atoms with Gasteiger partial charge in [-0.1, -0.05) is 41.4 Å². The molecule has 0 radical (unpaired) electrons. The van der Waals surface area contributed by atoms with Crippen LogP contribution in [0.3, 0.4) is 0 Å². The largest absolute Gasteiger partial charge is 0.471 e. The Hall–Kier alpha value is -2.79. The number of hydrogen-bond donors (Lipinski definition) is 0. The van der Waals surface area contributed by atoms with Crippen LogP contribution in [0.1, 0.15) is 25.0 Å². The van der Waals surface area contributed by atoms with Gasteiger partial charge in [-0.15, -0.1) is 0 Å². The number of esters is 1. The maximum atomic E-state index is 13.2. The molecule has 0 amide bonds. The molecule has 3 aromatic rings. The smallest absolute Gasteiger partial charge is 0.347 e. The maximum absolute atomic E-state index is 13.2. The van der Waals surface area contributed by atoms with E-state index >= 15 is 0 Å². The number of aryl methyl sites for hydroxylation is 2. The molecular weight excluding hydrogens is 380 g/mol. The molecule has 0 saturated carbocycles. The van der Waals surface area contributed by atoms with Crippen LogP contribution in [-0.2, 0) is 9.53 Å². The molecule has 0 N–H and O–H groups in total. The molecule has 146 valence electrons. The van der Waals surface area contributed by atoms with Crippen LogP contribution in [-0.4, -0.2) is 18.7 Å². The van der Waals surface area contributed by atoms with E-state index in [1.807, 2.05) is 38.1 Å². The fourth-order valence-electron chi connectivity index (χ4n) is 2.79. The minimum absolute atomic E-state index is 0.0446. The lowest BCUT2D eigenvalue weighted by molar-refractivity contribution is -0.150. The first-order valence-electron chi connectivity index (χ1n) is 8.99. The summed E-state index contributed by atoms with van der Waals surface area (Å²) >= 11 is 6.19. The van der Waals surface area contributed by atoms with E-state index in [1.165, 1.54) is 6.92 Å². The van der Waals surface area contributed by atoms with Gasteiger partial charge in [-0.05, 0) is 45.4 Å². The van der Waals surface area contributed by atoms with Crippen LogP contribution < -0.4 is 10.2 Å². The molecule has 1 heterocycles. The van der Waals surface area contributed by atoms with E-state index in [0.717, 1.165) is 11.1 Å². The predicted molar refractivity (Wildman–Crippen MR) is 109 cm³/mol. The Balaban J connectivity index is 2.23. The number of fused-ring (bicyclic) bond motifs is 1. The first-order valence-corrected chi connectivity index (χ1v) is 9.37. The first kappa shape index (κ1) is 20.0. The predicted octanol–water partition coefficient (Wildman–Crippen LogP) is 5.06. The van der Waals surface area contributed by atoms with Crippen molar-refractivity contribution in [1.82, 2.24) is 0 Å². The molecule has 1 aromatic heterocycles. The van der Waals surface area contributed by atoms with E-state index in [-0.39, 0.29) is 23.5 Å². The van der Waals surface area contributed by atoms with Crippen molar-refractivity contribution >= 4 is 28.5 Å². The minimum atomic E-state index is -0.967. The zero-order valence-electron chi connectivity index (χ0n) is 16.2. The summed E-state index contributed by atoms with van der Waals surface area (Å²) in [6.45, 7) is 7.25. The van der Waals surface area contributed by atoms with E-state index in [1.54, 1.807) is 19.1 Å². The van der Waals surface area contributed by atoms with Crippen LogP contribution in [0.5, 0.6) is 5.75 Å². The molecule has 0 aliphatic carbocycles. The Morgan fingerprint density at radius 3 is 2.50 bits per heavy atom. The van der Waals surface area contributed by atoms with Gasteiger partial charge in [0.05, 0.1) is 12.0 Å². The number of halogens is 1. The number of hydrogen-bond acceptors (Lipinski definition) is 5. The van der Waals surface area contributed by atoms with Crippen LogP contribution in [0.15, 0.2) is 45.6 Å². The molecular formula is C22H21ClO5. The summed E-state index contributed by atoms with van der Waals surface area (Å²) in [5.74, 6) is -0.342. The summed E-state index contributed by atoms with van der Waals surface area (Å²) in [5, 5.41) is 0.741. The summed E-state index contributed by atoms with van der Waals surface area (Å²) in [6, 6.07) is 10.8. The van der Waals surface area contributed by atoms with Crippen molar-refractivity contribution in [2.45, 2.75) is 33.8 Å². The van der Waals surface area contributed by atoms with E-state index in [0.29, 0.717) is 16.2 Å². The third kappa shape index (κ3) is 3.90. The highest BCUT2D eigenvalue weighted by Crippen LogP contribution is 2.33. The van der Waals surface area contributed by atoms with Gasteiger partial charge in [-0.25, -0.2) is 4.79 Å². The summed E-state index contributed by atoms with van der Waals surface area (Å²) in [6.07, 6.45) is -0.967. The van der Waals surface area contributed by atoms with Crippen molar-refractivity contribution in [1.29, 1.82) is 0 Å². The van der Waals surface area contributed by atoms with Gasteiger partial charge in [-0.3, -0.25) is 4.79 Å². The Morgan fingerprint density at radius 1 is 1.18 bits per heavy atom. The number of ether oxygens (including phenoxy) is 2. The van der Waals surface area contributed by atoms with Crippen molar-refractivity contribution in [2.75, 3.05) is 6.61 Å². The Morgan fingerprint density at radius 2 is 1.86 bits per heavy atom. The summed E-state index contributed by atoms with van der Waals surface area (Å²) in [4.78, 5) is 25.2. The molecule has 3 rings (SSSR count). The number of benzene rings is 2. The summed E-state index contributed by atoms with van der Waals surface area (Å²) in [5.41, 5.74) is 2.54. The van der Waals surface area contributed by atoms with Crippen molar-refractivity contribution in [3.63, 3.8) is 0 Å². The molecule has 2 aromatic carbocycles. The van der Waals surface area contributed by atoms with Crippen molar-refractivity contribution < 1.29 is 18.7 Å². The Kier molecular flexibility index (Phi) is 5.75. The standard InChI is InChI=1S/C22H21ClO5/c1-5-26-22(25)14(4)27-21-19(24)16-11-17(23)13(3)10-18(16)28-20(21)15-8-6-12(2)7-9-15/h6-11,14H,5H2,1-4H3/t14-/m1/s1. The molecule has 0 fully saturated rings. The molecule has 6 heteroatoms. The van der Waals surface area contributed by atoms with E-state index in [4.69, 9.17) is 25.5 Å². The second kappa shape index (κ2) is 8.07. The second-order valence-electron chi connectivity index (χ2n) is 6.57. The SMILES string of the molecule is CCOC(=O)[C@@H](C)Oc1c(-c2ccc(C)cc2)oc2cc(C)c(Cl)cc2c1=O.